The Morgan fingerprint density at radius 2 is 1.67 bits per heavy atom. The Bertz CT molecular complexity index is 1040. The van der Waals surface area contributed by atoms with Crippen LogP contribution in [0.25, 0.3) is 11.4 Å². The van der Waals surface area contributed by atoms with Crippen molar-refractivity contribution in [2.45, 2.75) is 33.4 Å². The van der Waals surface area contributed by atoms with E-state index in [1.165, 1.54) is 0 Å². The van der Waals surface area contributed by atoms with Crippen LogP contribution in [0.15, 0.2) is 59.1 Å². The number of piperazine rings is 1. The van der Waals surface area contributed by atoms with Gasteiger partial charge in [0.1, 0.15) is 0 Å². The van der Waals surface area contributed by atoms with E-state index >= 15 is 0 Å². The third kappa shape index (κ3) is 6.06. The van der Waals surface area contributed by atoms with E-state index in [1.807, 2.05) is 49.4 Å². The number of aromatic nitrogens is 2. The van der Waals surface area contributed by atoms with E-state index in [-0.39, 0.29) is 11.9 Å². The number of hydrogen-bond donors (Lipinski definition) is 1. The van der Waals surface area contributed by atoms with Gasteiger partial charge in [-0.25, -0.2) is 0 Å². The molecule has 4 rings (SSSR count). The lowest BCUT2D eigenvalue weighted by Crippen LogP contribution is -2.49. The fourth-order valence-corrected chi connectivity index (χ4v) is 4.27. The Labute approximate surface area is 195 Å². The second-order valence-electron chi connectivity index (χ2n) is 9.08. The molecule has 0 saturated carbocycles. The number of hydrogen-bond acceptors (Lipinski definition) is 6. The number of amides is 1. The van der Waals surface area contributed by atoms with Crippen molar-refractivity contribution < 1.29 is 9.32 Å². The van der Waals surface area contributed by atoms with Crippen molar-refractivity contribution in [3.8, 4) is 11.4 Å². The fourth-order valence-electron chi connectivity index (χ4n) is 4.27. The summed E-state index contributed by atoms with van der Waals surface area (Å²) in [6, 6.07) is 18.3. The molecule has 2 aromatic carbocycles. The lowest BCUT2D eigenvalue weighted by Gasteiger charge is -2.34. The summed E-state index contributed by atoms with van der Waals surface area (Å²) in [7, 11) is 0. The molecule has 7 nitrogen and oxygen atoms in total. The van der Waals surface area contributed by atoms with Crippen molar-refractivity contribution in [2.75, 3.05) is 32.7 Å². The summed E-state index contributed by atoms with van der Waals surface area (Å²) in [6.07, 6.45) is 0. The van der Waals surface area contributed by atoms with Crippen LogP contribution in [-0.4, -0.2) is 58.6 Å². The van der Waals surface area contributed by atoms with Gasteiger partial charge in [-0.3, -0.25) is 14.6 Å². The number of nitrogens with zero attached hydrogens (tertiary/aromatic N) is 4. The van der Waals surface area contributed by atoms with E-state index in [4.69, 9.17) is 4.52 Å². The SMILES string of the molecule is Cc1ccccc1-c1noc(CN2CCN(CC(=O)NC(c3ccccc3)C(C)C)CC2)n1. The van der Waals surface area contributed by atoms with Gasteiger partial charge in [-0.2, -0.15) is 4.98 Å². The minimum absolute atomic E-state index is 0.0277. The van der Waals surface area contributed by atoms with Crippen molar-refractivity contribution in [3.63, 3.8) is 0 Å². The van der Waals surface area contributed by atoms with E-state index in [2.05, 4.69) is 51.2 Å². The zero-order valence-electron chi connectivity index (χ0n) is 19.7. The van der Waals surface area contributed by atoms with Crippen LogP contribution in [0, 0.1) is 12.8 Å². The number of rotatable bonds is 8. The van der Waals surface area contributed by atoms with Crippen molar-refractivity contribution in [3.05, 3.63) is 71.6 Å². The molecule has 0 bridgehead atoms. The molecule has 0 spiro atoms. The van der Waals surface area contributed by atoms with E-state index < -0.39 is 0 Å². The normalized spacial score (nSPS) is 16.1. The first kappa shape index (κ1) is 23.1. The van der Waals surface area contributed by atoms with E-state index in [9.17, 15) is 4.79 Å². The molecule has 1 fully saturated rings. The molecule has 1 atom stereocenters. The molecular formula is C26H33N5O2. The summed E-state index contributed by atoms with van der Waals surface area (Å²) in [4.78, 5) is 21.8. The Morgan fingerprint density at radius 3 is 2.36 bits per heavy atom. The third-order valence-electron chi connectivity index (χ3n) is 6.19. The monoisotopic (exact) mass is 447 g/mol. The molecule has 33 heavy (non-hydrogen) atoms. The average Bonchev–Trinajstić information content (AvgIpc) is 3.27. The third-order valence-corrected chi connectivity index (χ3v) is 6.19. The minimum atomic E-state index is 0.0277. The molecule has 0 radical (unpaired) electrons. The maximum absolute atomic E-state index is 12.7. The smallest absolute Gasteiger partial charge is 0.241 e. The quantitative estimate of drug-likeness (QED) is 0.568. The lowest BCUT2D eigenvalue weighted by atomic mass is 9.96. The average molecular weight is 448 g/mol. The first-order valence-electron chi connectivity index (χ1n) is 11.7. The van der Waals surface area contributed by atoms with Gasteiger partial charge < -0.3 is 9.84 Å². The van der Waals surface area contributed by atoms with Gasteiger partial charge >= 0.3 is 0 Å². The van der Waals surface area contributed by atoms with E-state index in [0.29, 0.717) is 30.7 Å². The summed E-state index contributed by atoms with van der Waals surface area (Å²) in [5.41, 5.74) is 3.28. The summed E-state index contributed by atoms with van der Waals surface area (Å²) in [5, 5.41) is 7.38. The van der Waals surface area contributed by atoms with Gasteiger partial charge in [0.2, 0.25) is 17.6 Å². The first-order chi connectivity index (χ1) is 16.0. The van der Waals surface area contributed by atoms with Crippen LogP contribution in [0.3, 0.4) is 0 Å². The molecule has 1 N–H and O–H groups in total. The van der Waals surface area contributed by atoms with Gasteiger partial charge in [0.05, 0.1) is 19.1 Å². The molecule has 3 aromatic rings. The van der Waals surface area contributed by atoms with Gasteiger partial charge in [0.25, 0.3) is 0 Å². The molecule has 1 saturated heterocycles. The molecule has 1 amide bonds. The highest BCUT2D eigenvalue weighted by Crippen LogP contribution is 2.22. The molecule has 2 heterocycles. The van der Waals surface area contributed by atoms with E-state index in [1.54, 1.807) is 0 Å². The largest absolute Gasteiger partial charge is 0.348 e. The highest BCUT2D eigenvalue weighted by Gasteiger charge is 2.23. The fraction of sp³-hybridized carbons (Fsp3) is 0.423. The van der Waals surface area contributed by atoms with Crippen LogP contribution >= 0.6 is 0 Å². The van der Waals surface area contributed by atoms with Crippen LogP contribution in [0.2, 0.25) is 0 Å². The summed E-state index contributed by atoms with van der Waals surface area (Å²) in [5.74, 6) is 1.66. The van der Waals surface area contributed by atoms with Gasteiger partial charge in [0, 0.05) is 31.7 Å². The Hall–Kier alpha value is -3.03. The maximum atomic E-state index is 12.7. The molecule has 1 aliphatic rings. The molecule has 1 aromatic heterocycles. The van der Waals surface area contributed by atoms with Gasteiger partial charge in [-0.15, -0.1) is 0 Å². The number of benzene rings is 2. The summed E-state index contributed by atoms with van der Waals surface area (Å²) < 4.78 is 5.50. The zero-order chi connectivity index (χ0) is 23.2. The Morgan fingerprint density at radius 1 is 1.00 bits per heavy atom. The van der Waals surface area contributed by atoms with Crippen molar-refractivity contribution in [1.29, 1.82) is 0 Å². The molecule has 1 aliphatic heterocycles. The number of nitrogens with one attached hydrogen (secondary N) is 1. The molecule has 1 unspecified atom stereocenters. The Balaban J connectivity index is 1.25. The van der Waals surface area contributed by atoms with Gasteiger partial charge in [0.15, 0.2) is 0 Å². The molecular weight excluding hydrogens is 414 g/mol. The zero-order valence-corrected chi connectivity index (χ0v) is 19.7. The highest BCUT2D eigenvalue weighted by atomic mass is 16.5. The van der Waals surface area contributed by atoms with Crippen molar-refractivity contribution in [1.82, 2.24) is 25.3 Å². The van der Waals surface area contributed by atoms with Crippen LogP contribution in [-0.2, 0) is 11.3 Å². The Kier molecular flexibility index (Phi) is 7.52. The molecule has 7 heteroatoms. The predicted molar refractivity (Wildman–Crippen MR) is 128 cm³/mol. The summed E-state index contributed by atoms with van der Waals surface area (Å²) in [6.45, 7) is 10.8. The highest BCUT2D eigenvalue weighted by molar-refractivity contribution is 5.78. The minimum Gasteiger partial charge on any atom is -0.348 e. The van der Waals surface area contributed by atoms with Crippen LogP contribution < -0.4 is 5.32 Å². The standard InChI is InChI=1S/C26H33N5O2/c1-19(2)25(21-10-5-4-6-11-21)27-23(32)17-30-13-15-31(16-14-30)18-24-28-26(29-33-24)22-12-8-7-9-20(22)3/h4-12,19,25H,13-18H2,1-3H3,(H,27,32). The second-order valence-corrected chi connectivity index (χ2v) is 9.08. The number of carbonyl (C=O) groups excluding carboxylic acids is 1. The number of carbonyl (C=O) groups is 1. The van der Waals surface area contributed by atoms with E-state index in [0.717, 1.165) is 42.9 Å². The number of aryl methyl sites for hydroxylation is 1. The van der Waals surface area contributed by atoms with Crippen LogP contribution in [0.4, 0.5) is 0 Å². The predicted octanol–water partition coefficient (Wildman–Crippen LogP) is 3.68. The summed E-state index contributed by atoms with van der Waals surface area (Å²) >= 11 is 0. The second kappa shape index (κ2) is 10.7. The first-order valence-corrected chi connectivity index (χ1v) is 11.7. The van der Waals surface area contributed by atoms with Gasteiger partial charge in [-0.05, 0) is 24.0 Å². The maximum Gasteiger partial charge on any atom is 0.241 e. The molecule has 0 aliphatic carbocycles. The topological polar surface area (TPSA) is 74.5 Å². The van der Waals surface area contributed by atoms with Crippen molar-refractivity contribution >= 4 is 5.91 Å². The molecule has 174 valence electrons. The van der Waals surface area contributed by atoms with Crippen molar-refractivity contribution in [2.24, 2.45) is 5.92 Å². The van der Waals surface area contributed by atoms with Crippen LogP contribution in [0.5, 0.6) is 0 Å². The van der Waals surface area contributed by atoms with Gasteiger partial charge in [-0.1, -0.05) is 73.6 Å². The lowest BCUT2D eigenvalue weighted by molar-refractivity contribution is -0.123. The van der Waals surface area contributed by atoms with Crippen LogP contribution in [0.1, 0.15) is 36.9 Å².